The quantitative estimate of drug-likeness (QED) is 0.445. The van der Waals surface area contributed by atoms with Gasteiger partial charge in [-0.3, -0.25) is 4.79 Å². The molecule has 1 aromatic carbocycles. The molecule has 4 aromatic rings. The molecule has 0 radical (unpaired) electrons. The van der Waals surface area contributed by atoms with Crippen molar-refractivity contribution < 1.29 is 13.7 Å². The highest BCUT2D eigenvalue weighted by molar-refractivity contribution is 6.31. The number of benzene rings is 1. The van der Waals surface area contributed by atoms with Gasteiger partial charge in [0.05, 0.1) is 22.8 Å². The largest absolute Gasteiger partial charge is 0.443 e. The lowest BCUT2D eigenvalue weighted by Gasteiger charge is -2.22. The molecule has 1 amide bonds. The number of hydrogen-bond donors (Lipinski definition) is 0. The number of halogens is 1. The Balaban J connectivity index is 1.43. The van der Waals surface area contributed by atoms with Crippen molar-refractivity contribution in [2.75, 3.05) is 6.54 Å². The summed E-state index contributed by atoms with van der Waals surface area (Å²) in [6.45, 7) is 4.29. The second kappa shape index (κ2) is 7.81. The highest BCUT2D eigenvalue weighted by Gasteiger charge is 2.35. The number of hydrogen-bond acceptors (Lipinski definition) is 6. The van der Waals surface area contributed by atoms with Crippen molar-refractivity contribution in [2.45, 2.75) is 39.2 Å². The van der Waals surface area contributed by atoms with Crippen molar-refractivity contribution in [1.82, 2.24) is 20.0 Å². The van der Waals surface area contributed by atoms with Crippen LogP contribution in [0, 0.1) is 13.8 Å². The minimum absolute atomic E-state index is 0.0878. The summed E-state index contributed by atoms with van der Waals surface area (Å²) in [5.41, 5.74) is 3.27. The molecule has 0 aliphatic carbocycles. The summed E-state index contributed by atoms with van der Waals surface area (Å²) in [5.74, 6) is 1.19. The zero-order chi connectivity index (χ0) is 21.5. The van der Waals surface area contributed by atoms with E-state index in [1.165, 1.54) is 0 Å². The van der Waals surface area contributed by atoms with Gasteiger partial charge in [0.15, 0.2) is 0 Å². The van der Waals surface area contributed by atoms with Crippen molar-refractivity contribution in [2.24, 2.45) is 0 Å². The summed E-state index contributed by atoms with van der Waals surface area (Å²) in [4.78, 5) is 24.2. The summed E-state index contributed by atoms with van der Waals surface area (Å²) in [7, 11) is 0. The summed E-state index contributed by atoms with van der Waals surface area (Å²) in [6.07, 6.45) is 3.96. The molecule has 1 aliphatic rings. The standard InChI is InChI=1S/C23H21ClN4O3/c1-13-10-17(20-14(2)27-31-22(20)26-13)23(29)28-9-5-8-19(28)21-25-12-16(30-21)11-15-6-3-4-7-18(15)24/h3-4,6-7,10,12,19H,5,8-9,11H2,1-2H3. The number of aromatic nitrogens is 3. The summed E-state index contributed by atoms with van der Waals surface area (Å²) in [5, 5.41) is 5.34. The average Bonchev–Trinajstić information content (AvgIpc) is 3.49. The molecule has 7 nitrogen and oxygen atoms in total. The molecule has 4 heterocycles. The van der Waals surface area contributed by atoms with E-state index in [9.17, 15) is 4.79 Å². The smallest absolute Gasteiger partial charge is 0.258 e. The number of oxazole rings is 1. The first kappa shape index (κ1) is 19.8. The normalized spacial score (nSPS) is 16.4. The van der Waals surface area contributed by atoms with Gasteiger partial charge in [-0.25, -0.2) is 9.97 Å². The van der Waals surface area contributed by atoms with Crippen LogP contribution in [0.1, 0.15) is 57.8 Å². The van der Waals surface area contributed by atoms with Crippen LogP contribution < -0.4 is 0 Å². The van der Waals surface area contributed by atoms with E-state index in [1.54, 1.807) is 12.3 Å². The van der Waals surface area contributed by atoms with Gasteiger partial charge >= 0.3 is 0 Å². The molecule has 1 aliphatic heterocycles. The van der Waals surface area contributed by atoms with Gasteiger partial charge in [0.2, 0.25) is 5.89 Å². The first-order chi connectivity index (χ1) is 15.0. The van der Waals surface area contributed by atoms with Crippen LogP contribution in [0.3, 0.4) is 0 Å². The van der Waals surface area contributed by atoms with E-state index in [0.29, 0.717) is 51.9 Å². The van der Waals surface area contributed by atoms with E-state index in [0.717, 1.165) is 24.2 Å². The number of carbonyl (C=O) groups is 1. The molecule has 31 heavy (non-hydrogen) atoms. The first-order valence-corrected chi connectivity index (χ1v) is 10.6. The third kappa shape index (κ3) is 3.59. The number of carbonyl (C=O) groups excluding carboxylic acids is 1. The highest BCUT2D eigenvalue weighted by Crippen LogP contribution is 2.35. The molecule has 0 spiro atoms. The first-order valence-electron chi connectivity index (χ1n) is 10.2. The number of pyridine rings is 1. The van der Waals surface area contributed by atoms with Gasteiger partial charge in [-0.1, -0.05) is 35.0 Å². The third-order valence-corrected chi connectivity index (χ3v) is 6.04. The van der Waals surface area contributed by atoms with Crippen LogP contribution in [0.25, 0.3) is 11.1 Å². The monoisotopic (exact) mass is 436 g/mol. The van der Waals surface area contributed by atoms with Gasteiger partial charge in [0.25, 0.3) is 11.6 Å². The minimum atomic E-state index is -0.212. The van der Waals surface area contributed by atoms with Crippen LogP contribution in [0.15, 0.2) is 45.5 Å². The van der Waals surface area contributed by atoms with Crippen LogP contribution >= 0.6 is 11.6 Å². The zero-order valence-corrected chi connectivity index (χ0v) is 18.0. The number of rotatable bonds is 4. The Bertz CT molecular complexity index is 1280. The second-order valence-electron chi connectivity index (χ2n) is 7.85. The molecule has 1 unspecified atom stereocenters. The second-order valence-corrected chi connectivity index (χ2v) is 8.26. The fourth-order valence-corrected chi connectivity index (χ4v) is 4.40. The summed E-state index contributed by atoms with van der Waals surface area (Å²) >= 11 is 6.27. The molecular formula is C23H21ClN4O3. The topological polar surface area (TPSA) is 85.3 Å². The molecule has 158 valence electrons. The SMILES string of the molecule is Cc1cc(C(=O)N2CCCC2c2ncc(Cc3ccccc3Cl)o2)c2c(C)noc2n1. The average molecular weight is 437 g/mol. The van der Waals surface area contributed by atoms with E-state index in [4.69, 9.17) is 20.5 Å². The fourth-order valence-electron chi connectivity index (χ4n) is 4.20. The number of amides is 1. The molecule has 8 heteroatoms. The molecule has 0 bridgehead atoms. The lowest BCUT2D eigenvalue weighted by molar-refractivity contribution is 0.0716. The molecule has 1 fully saturated rings. The van der Waals surface area contributed by atoms with E-state index in [2.05, 4.69) is 15.1 Å². The Labute approximate surface area is 184 Å². The number of aryl methyl sites for hydroxylation is 2. The lowest BCUT2D eigenvalue weighted by atomic mass is 10.1. The van der Waals surface area contributed by atoms with E-state index < -0.39 is 0 Å². The lowest BCUT2D eigenvalue weighted by Crippen LogP contribution is -2.31. The van der Waals surface area contributed by atoms with Crippen LogP contribution in [-0.2, 0) is 6.42 Å². The minimum Gasteiger partial charge on any atom is -0.443 e. The summed E-state index contributed by atoms with van der Waals surface area (Å²) in [6, 6.07) is 9.25. The van der Waals surface area contributed by atoms with Gasteiger partial charge in [-0.2, -0.15) is 0 Å². The van der Waals surface area contributed by atoms with Crippen molar-refractivity contribution in [3.8, 4) is 0 Å². The van der Waals surface area contributed by atoms with Gasteiger partial charge in [0.1, 0.15) is 11.8 Å². The van der Waals surface area contributed by atoms with E-state index in [-0.39, 0.29) is 11.9 Å². The predicted molar refractivity (Wildman–Crippen MR) is 115 cm³/mol. The maximum absolute atomic E-state index is 13.5. The van der Waals surface area contributed by atoms with Gasteiger partial charge in [-0.05, 0) is 44.4 Å². The number of nitrogens with zero attached hydrogens (tertiary/aromatic N) is 4. The molecule has 3 aromatic heterocycles. The molecule has 0 N–H and O–H groups in total. The van der Waals surface area contributed by atoms with Crippen LogP contribution in [0.5, 0.6) is 0 Å². The van der Waals surface area contributed by atoms with Crippen LogP contribution in [-0.4, -0.2) is 32.5 Å². The van der Waals surface area contributed by atoms with Crippen molar-refractivity contribution in [3.63, 3.8) is 0 Å². The maximum Gasteiger partial charge on any atom is 0.258 e. The van der Waals surface area contributed by atoms with Crippen molar-refractivity contribution >= 4 is 28.6 Å². The Hall–Kier alpha value is -3.19. The van der Waals surface area contributed by atoms with Gasteiger partial charge in [0, 0.05) is 23.7 Å². The summed E-state index contributed by atoms with van der Waals surface area (Å²) < 4.78 is 11.3. The van der Waals surface area contributed by atoms with Crippen LogP contribution in [0.2, 0.25) is 5.02 Å². The maximum atomic E-state index is 13.5. The predicted octanol–water partition coefficient (Wildman–Crippen LogP) is 5.05. The Morgan fingerprint density at radius 2 is 2.13 bits per heavy atom. The number of fused-ring (bicyclic) bond motifs is 1. The zero-order valence-electron chi connectivity index (χ0n) is 17.3. The Morgan fingerprint density at radius 3 is 2.97 bits per heavy atom. The molecule has 0 saturated carbocycles. The molecule has 1 atom stereocenters. The molecule has 5 rings (SSSR count). The van der Waals surface area contributed by atoms with Crippen molar-refractivity contribution in [1.29, 1.82) is 0 Å². The Kier molecular flexibility index (Phi) is 4.98. The molecule has 1 saturated heterocycles. The van der Waals surface area contributed by atoms with Gasteiger partial charge in [-0.15, -0.1) is 0 Å². The van der Waals surface area contributed by atoms with Crippen molar-refractivity contribution in [3.05, 3.63) is 75.7 Å². The number of likely N-dealkylation sites (tertiary alicyclic amines) is 1. The highest BCUT2D eigenvalue weighted by atomic mass is 35.5. The fraction of sp³-hybridized carbons (Fsp3) is 0.304. The third-order valence-electron chi connectivity index (χ3n) is 5.67. The Morgan fingerprint density at radius 1 is 1.29 bits per heavy atom. The van der Waals surface area contributed by atoms with E-state index in [1.807, 2.05) is 43.0 Å². The molecular weight excluding hydrogens is 416 g/mol. The van der Waals surface area contributed by atoms with Gasteiger partial charge < -0.3 is 13.8 Å². The van der Waals surface area contributed by atoms with E-state index >= 15 is 0 Å². The van der Waals surface area contributed by atoms with Crippen LogP contribution in [0.4, 0.5) is 0 Å².